The zero-order valence-electron chi connectivity index (χ0n) is 10.5. The van der Waals surface area contributed by atoms with E-state index in [2.05, 4.69) is 10.3 Å². The van der Waals surface area contributed by atoms with E-state index in [0.717, 1.165) is 10.6 Å². The average Bonchev–Trinajstić information content (AvgIpc) is 2.81. The fraction of sp³-hybridized carbons (Fsp3) is 0.545. The molecule has 7 nitrogen and oxygen atoms in total. The molecule has 0 bridgehead atoms. The highest BCUT2D eigenvalue weighted by atomic mass is 32.1. The maximum Gasteiger partial charge on any atom is 0.328 e. The van der Waals surface area contributed by atoms with Crippen LogP contribution in [0.25, 0.3) is 0 Å². The minimum Gasteiger partial charge on any atom is -0.480 e. The first-order valence-corrected chi connectivity index (χ1v) is 6.71. The van der Waals surface area contributed by atoms with Gasteiger partial charge < -0.3 is 20.1 Å². The first-order valence-electron chi connectivity index (χ1n) is 5.83. The highest BCUT2D eigenvalue weighted by Crippen LogP contribution is 2.12. The van der Waals surface area contributed by atoms with E-state index in [0.29, 0.717) is 13.2 Å². The molecular formula is C11H15N3O4S. The van der Waals surface area contributed by atoms with Gasteiger partial charge in [0.05, 0.1) is 31.0 Å². The Balaban J connectivity index is 1.94. The van der Waals surface area contributed by atoms with Gasteiger partial charge >= 0.3 is 12.0 Å². The van der Waals surface area contributed by atoms with Crippen LogP contribution < -0.4 is 5.32 Å². The fourth-order valence-corrected chi connectivity index (χ4v) is 2.52. The van der Waals surface area contributed by atoms with Gasteiger partial charge in [0.1, 0.15) is 0 Å². The van der Waals surface area contributed by atoms with Crippen molar-refractivity contribution in [3.05, 3.63) is 16.1 Å². The van der Waals surface area contributed by atoms with Gasteiger partial charge in [-0.05, 0) is 6.92 Å². The first-order chi connectivity index (χ1) is 9.09. The van der Waals surface area contributed by atoms with E-state index in [1.54, 1.807) is 5.51 Å². The summed E-state index contributed by atoms with van der Waals surface area (Å²) < 4.78 is 5.08. The van der Waals surface area contributed by atoms with Crippen LogP contribution in [-0.4, -0.2) is 52.8 Å². The van der Waals surface area contributed by atoms with E-state index >= 15 is 0 Å². The Hall–Kier alpha value is -1.67. The van der Waals surface area contributed by atoms with Crippen molar-refractivity contribution < 1.29 is 19.4 Å². The van der Waals surface area contributed by atoms with Crippen LogP contribution in [0.4, 0.5) is 4.79 Å². The highest BCUT2D eigenvalue weighted by Gasteiger charge is 2.32. The van der Waals surface area contributed by atoms with E-state index in [9.17, 15) is 9.59 Å². The van der Waals surface area contributed by atoms with Crippen molar-refractivity contribution in [3.8, 4) is 0 Å². The Bertz CT molecular complexity index is 476. The molecule has 2 N–H and O–H groups in total. The Morgan fingerprint density at radius 2 is 2.47 bits per heavy atom. The number of carbonyl (C=O) groups is 2. The van der Waals surface area contributed by atoms with E-state index in [1.807, 2.05) is 6.92 Å². The van der Waals surface area contributed by atoms with Crippen LogP contribution in [0.2, 0.25) is 0 Å². The number of hydrogen-bond donors (Lipinski definition) is 2. The van der Waals surface area contributed by atoms with Crippen molar-refractivity contribution in [2.75, 3.05) is 19.8 Å². The minimum absolute atomic E-state index is 0.0301. The summed E-state index contributed by atoms with van der Waals surface area (Å²) in [4.78, 5) is 29.4. The molecular weight excluding hydrogens is 270 g/mol. The number of urea groups is 1. The SMILES string of the molecule is Cc1ncsc1CNC(=O)N1CCOCC1C(=O)O. The van der Waals surface area contributed by atoms with Crippen molar-refractivity contribution in [1.29, 1.82) is 0 Å². The van der Waals surface area contributed by atoms with Gasteiger partial charge in [-0.25, -0.2) is 14.6 Å². The second-order valence-electron chi connectivity index (χ2n) is 4.14. The number of nitrogens with one attached hydrogen (secondary N) is 1. The highest BCUT2D eigenvalue weighted by molar-refractivity contribution is 7.09. The predicted molar refractivity (Wildman–Crippen MR) is 68.0 cm³/mol. The van der Waals surface area contributed by atoms with E-state index in [1.165, 1.54) is 16.2 Å². The number of carbonyl (C=O) groups excluding carboxylic acids is 1. The summed E-state index contributed by atoms with van der Waals surface area (Å²) >= 11 is 1.46. The monoisotopic (exact) mass is 285 g/mol. The van der Waals surface area contributed by atoms with Gasteiger partial charge in [0, 0.05) is 11.4 Å². The molecule has 0 aliphatic carbocycles. The second-order valence-corrected chi connectivity index (χ2v) is 5.08. The molecule has 1 aromatic heterocycles. The molecule has 2 amide bonds. The van der Waals surface area contributed by atoms with Crippen molar-refractivity contribution in [1.82, 2.24) is 15.2 Å². The number of aromatic nitrogens is 1. The maximum atomic E-state index is 12.0. The second kappa shape index (κ2) is 5.98. The van der Waals surface area contributed by atoms with Crippen LogP contribution in [0.15, 0.2) is 5.51 Å². The van der Waals surface area contributed by atoms with Crippen molar-refractivity contribution >= 4 is 23.3 Å². The molecule has 1 unspecified atom stereocenters. The number of aliphatic carboxylic acids is 1. The summed E-state index contributed by atoms with van der Waals surface area (Å²) in [5.74, 6) is -1.05. The first kappa shape index (κ1) is 13.8. The number of carboxylic acid groups (broad SMARTS) is 1. The molecule has 2 heterocycles. The van der Waals surface area contributed by atoms with Crippen LogP contribution >= 0.6 is 11.3 Å². The summed E-state index contributed by atoms with van der Waals surface area (Å²) in [6.45, 7) is 2.90. The number of nitrogens with zero attached hydrogens (tertiary/aromatic N) is 2. The number of aryl methyl sites for hydroxylation is 1. The van der Waals surface area contributed by atoms with Crippen LogP contribution in [0.5, 0.6) is 0 Å². The molecule has 8 heteroatoms. The quantitative estimate of drug-likeness (QED) is 0.841. The summed E-state index contributed by atoms with van der Waals surface area (Å²) in [6, 6.07) is -1.31. The summed E-state index contributed by atoms with van der Waals surface area (Å²) in [5.41, 5.74) is 2.59. The van der Waals surface area contributed by atoms with E-state index < -0.39 is 12.0 Å². The fourth-order valence-electron chi connectivity index (χ4n) is 1.80. The third kappa shape index (κ3) is 3.21. The third-order valence-electron chi connectivity index (χ3n) is 2.92. The van der Waals surface area contributed by atoms with Gasteiger partial charge in [-0.1, -0.05) is 0 Å². The molecule has 19 heavy (non-hydrogen) atoms. The Morgan fingerprint density at radius 1 is 1.68 bits per heavy atom. The van der Waals surface area contributed by atoms with Gasteiger partial charge in [-0.3, -0.25) is 0 Å². The topological polar surface area (TPSA) is 91.8 Å². The standard InChI is InChI=1S/C11H15N3O4S/c1-7-9(19-6-13-7)4-12-11(17)14-2-3-18-5-8(14)10(15)16/h6,8H,2-5H2,1H3,(H,12,17)(H,15,16). The zero-order chi connectivity index (χ0) is 13.8. The molecule has 2 rings (SSSR count). The molecule has 1 aliphatic heterocycles. The largest absolute Gasteiger partial charge is 0.480 e. The molecule has 1 fully saturated rings. The van der Waals surface area contributed by atoms with Crippen LogP contribution in [0.3, 0.4) is 0 Å². The van der Waals surface area contributed by atoms with Gasteiger partial charge in [-0.15, -0.1) is 11.3 Å². The number of rotatable bonds is 3. The third-order valence-corrected chi connectivity index (χ3v) is 3.85. The molecule has 0 spiro atoms. The summed E-state index contributed by atoms with van der Waals surface area (Å²) in [7, 11) is 0. The predicted octanol–water partition coefficient (Wildman–Crippen LogP) is 0.447. The maximum absolute atomic E-state index is 12.0. The lowest BCUT2D eigenvalue weighted by molar-refractivity contribution is -0.147. The number of amides is 2. The van der Waals surface area contributed by atoms with Crippen LogP contribution in [-0.2, 0) is 16.1 Å². The van der Waals surface area contributed by atoms with Crippen LogP contribution in [0, 0.1) is 6.92 Å². The summed E-state index contributed by atoms with van der Waals surface area (Å²) in [5, 5.41) is 11.8. The van der Waals surface area contributed by atoms with Gasteiger partial charge in [0.2, 0.25) is 0 Å². The molecule has 1 aromatic rings. The molecule has 0 radical (unpaired) electrons. The Kier molecular flexibility index (Phi) is 4.33. The lowest BCUT2D eigenvalue weighted by atomic mass is 10.2. The molecule has 1 atom stereocenters. The van der Waals surface area contributed by atoms with Crippen molar-refractivity contribution in [3.63, 3.8) is 0 Å². The number of thiazole rings is 1. The molecule has 104 valence electrons. The average molecular weight is 285 g/mol. The van der Waals surface area contributed by atoms with Crippen LogP contribution in [0.1, 0.15) is 10.6 Å². The molecule has 1 aliphatic rings. The Labute approximate surface area is 114 Å². The lowest BCUT2D eigenvalue weighted by Gasteiger charge is -2.32. The van der Waals surface area contributed by atoms with Gasteiger partial charge in [0.15, 0.2) is 6.04 Å². The number of carboxylic acids is 1. The van der Waals surface area contributed by atoms with Gasteiger partial charge in [-0.2, -0.15) is 0 Å². The number of hydrogen-bond acceptors (Lipinski definition) is 5. The van der Waals surface area contributed by atoms with Gasteiger partial charge in [0.25, 0.3) is 0 Å². The zero-order valence-corrected chi connectivity index (χ0v) is 11.3. The molecule has 0 aromatic carbocycles. The number of morpholine rings is 1. The number of ether oxygens (including phenoxy) is 1. The van der Waals surface area contributed by atoms with E-state index in [4.69, 9.17) is 9.84 Å². The molecule has 0 saturated carbocycles. The smallest absolute Gasteiger partial charge is 0.328 e. The van der Waals surface area contributed by atoms with Crippen molar-refractivity contribution in [2.45, 2.75) is 19.5 Å². The van der Waals surface area contributed by atoms with Crippen molar-refractivity contribution in [2.24, 2.45) is 0 Å². The molecule has 1 saturated heterocycles. The minimum atomic E-state index is -1.05. The Morgan fingerprint density at radius 3 is 3.11 bits per heavy atom. The normalized spacial score (nSPS) is 19.2. The lowest BCUT2D eigenvalue weighted by Crippen LogP contribution is -2.55. The van der Waals surface area contributed by atoms with E-state index in [-0.39, 0.29) is 19.2 Å². The summed E-state index contributed by atoms with van der Waals surface area (Å²) in [6.07, 6.45) is 0.